The highest BCUT2D eigenvalue weighted by Crippen LogP contribution is 2.11. The monoisotopic (exact) mass is 258 g/mol. The highest BCUT2D eigenvalue weighted by molar-refractivity contribution is 5.94. The number of aliphatic hydroxyl groups excluding tert-OH is 1. The van der Waals surface area contributed by atoms with Crippen molar-refractivity contribution in [3.05, 3.63) is 54.4 Å². The van der Waals surface area contributed by atoms with Crippen LogP contribution in [0.1, 0.15) is 17.3 Å². The third-order valence-corrected chi connectivity index (χ3v) is 2.93. The summed E-state index contributed by atoms with van der Waals surface area (Å²) in [6.07, 6.45) is 3.87. The zero-order chi connectivity index (χ0) is 13.7. The Kier molecular flexibility index (Phi) is 4.36. The smallest absolute Gasteiger partial charge is 0.251 e. The maximum Gasteiger partial charge on any atom is 0.251 e. The number of hydrogen-bond donors (Lipinski definition) is 2. The van der Waals surface area contributed by atoms with Crippen LogP contribution in [0.5, 0.6) is 0 Å². The lowest BCUT2D eigenvalue weighted by molar-refractivity contribution is 0.0942. The first-order chi connectivity index (χ1) is 9.20. The van der Waals surface area contributed by atoms with Gasteiger partial charge in [0.05, 0.1) is 0 Å². The van der Waals surface area contributed by atoms with Crippen LogP contribution >= 0.6 is 0 Å². The molecular weight excluding hydrogens is 240 g/mol. The average molecular weight is 258 g/mol. The van der Waals surface area contributed by atoms with Crippen molar-refractivity contribution < 1.29 is 9.90 Å². The van der Waals surface area contributed by atoms with Crippen LogP contribution in [0.2, 0.25) is 0 Å². The maximum atomic E-state index is 12.0. The summed E-state index contributed by atoms with van der Waals surface area (Å²) in [6.45, 7) is 2.43. The average Bonchev–Trinajstić information content (AvgIpc) is 2.98. The lowest BCUT2D eigenvalue weighted by atomic mass is 10.1. The highest BCUT2D eigenvalue weighted by atomic mass is 16.3. The molecule has 0 aliphatic carbocycles. The van der Waals surface area contributed by atoms with Gasteiger partial charge < -0.3 is 15.0 Å². The van der Waals surface area contributed by atoms with Crippen LogP contribution in [0.3, 0.4) is 0 Å². The van der Waals surface area contributed by atoms with E-state index in [9.17, 15) is 4.79 Å². The topological polar surface area (TPSA) is 54.3 Å². The predicted molar refractivity (Wildman–Crippen MR) is 74.4 cm³/mol. The van der Waals surface area contributed by atoms with Crippen molar-refractivity contribution in [1.82, 2.24) is 9.88 Å². The van der Waals surface area contributed by atoms with E-state index in [4.69, 9.17) is 5.11 Å². The minimum atomic E-state index is -0.116. The number of amides is 1. The number of carbonyl (C=O) groups excluding carboxylic acids is 1. The number of aromatic nitrogens is 1. The second-order valence-corrected chi connectivity index (χ2v) is 4.64. The van der Waals surface area contributed by atoms with Crippen molar-refractivity contribution in [2.45, 2.75) is 6.92 Å². The summed E-state index contributed by atoms with van der Waals surface area (Å²) in [7, 11) is 0. The van der Waals surface area contributed by atoms with Gasteiger partial charge in [-0.1, -0.05) is 13.0 Å². The third-order valence-electron chi connectivity index (χ3n) is 2.93. The molecule has 0 fully saturated rings. The molecule has 1 aromatic carbocycles. The van der Waals surface area contributed by atoms with Crippen molar-refractivity contribution in [3.63, 3.8) is 0 Å². The van der Waals surface area contributed by atoms with Gasteiger partial charge in [0, 0.05) is 36.8 Å². The molecule has 0 saturated carbocycles. The first-order valence-corrected chi connectivity index (χ1v) is 6.33. The van der Waals surface area contributed by atoms with E-state index < -0.39 is 0 Å². The Morgan fingerprint density at radius 2 is 2.05 bits per heavy atom. The fraction of sp³-hybridized carbons (Fsp3) is 0.267. The quantitative estimate of drug-likeness (QED) is 0.859. The molecule has 4 heteroatoms. The van der Waals surface area contributed by atoms with Crippen LogP contribution in [0, 0.1) is 5.92 Å². The van der Waals surface area contributed by atoms with E-state index in [-0.39, 0.29) is 18.4 Å². The molecular formula is C15H18N2O2. The van der Waals surface area contributed by atoms with Crippen LogP contribution < -0.4 is 5.32 Å². The molecule has 1 unspecified atom stereocenters. The summed E-state index contributed by atoms with van der Waals surface area (Å²) in [5, 5.41) is 11.7. The molecule has 1 amide bonds. The van der Waals surface area contributed by atoms with Gasteiger partial charge >= 0.3 is 0 Å². The van der Waals surface area contributed by atoms with Crippen LogP contribution in [0.4, 0.5) is 0 Å². The molecule has 0 radical (unpaired) electrons. The lowest BCUT2D eigenvalue weighted by Gasteiger charge is -2.10. The molecule has 0 saturated heterocycles. The Balaban J connectivity index is 2.08. The molecule has 0 bridgehead atoms. The standard InChI is InChI=1S/C15H18N2O2/c1-12(11-18)10-16-15(19)13-5-4-6-14(9-13)17-7-2-3-8-17/h2-9,12,18H,10-11H2,1H3,(H,16,19). The van der Waals surface area contributed by atoms with E-state index in [0.29, 0.717) is 12.1 Å². The van der Waals surface area contributed by atoms with Gasteiger partial charge in [-0.15, -0.1) is 0 Å². The van der Waals surface area contributed by atoms with Gasteiger partial charge in [0.1, 0.15) is 0 Å². The number of rotatable bonds is 5. The summed E-state index contributed by atoms with van der Waals surface area (Å²) in [5.41, 5.74) is 1.57. The summed E-state index contributed by atoms with van der Waals surface area (Å²) >= 11 is 0. The van der Waals surface area contributed by atoms with Crippen LogP contribution in [-0.2, 0) is 0 Å². The molecule has 1 aromatic heterocycles. The summed E-state index contributed by atoms with van der Waals surface area (Å²) in [6, 6.07) is 11.3. The Labute approximate surface area is 112 Å². The molecule has 0 aliphatic rings. The van der Waals surface area contributed by atoms with Crippen LogP contribution in [-0.4, -0.2) is 28.7 Å². The van der Waals surface area contributed by atoms with Gasteiger partial charge in [0.25, 0.3) is 5.91 Å². The predicted octanol–water partition coefficient (Wildman–Crippen LogP) is 1.84. The molecule has 19 heavy (non-hydrogen) atoms. The largest absolute Gasteiger partial charge is 0.396 e. The third kappa shape index (κ3) is 3.45. The zero-order valence-corrected chi connectivity index (χ0v) is 10.9. The van der Waals surface area contributed by atoms with Gasteiger partial charge in [0.2, 0.25) is 0 Å². The summed E-state index contributed by atoms with van der Waals surface area (Å²) in [4.78, 5) is 12.0. The van der Waals surface area contributed by atoms with Crippen molar-refractivity contribution in [3.8, 4) is 5.69 Å². The second-order valence-electron chi connectivity index (χ2n) is 4.64. The van der Waals surface area contributed by atoms with E-state index >= 15 is 0 Å². The molecule has 2 rings (SSSR count). The molecule has 2 aromatic rings. The number of hydrogen-bond acceptors (Lipinski definition) is 2. The number of benzene rings is 1. The van der Waals surface area contributed by atoms with E-state index in [2.05, 4.69) is 5.32 Å². The van der Waals surface area contributed by atoms with Crippen molar-refractivity contribution in [2.75, 3.05) is 13.2 Å². The Morgan fingerprint density at radius 1 is 1.32 bits per heavy atom. The number of aliphatic hydroxyl groups is 1. The zero-order valence-electron chi connectivity index (χ0n) is 10.9. The minimum absolute atomic E-state index is 0.0663. The van der Waals surface area contributed by atoms with Gasteiger partial charge in [0.15, 0.2) is 0 Å². The maximum absolute atomic E-state index is 12.0. The van der Waals surface area contributed by atoms with Crippen molar-refractivity contribution in [1.29, 1.82) is 0 Å². The van der Waals surface area contributed by atoms with Crippen molar-refractivity contribution >= 4 is 5.91 Å². The molecule has 4 nitrogen and oxygen atoms in total. The molecule has 0 spiro atoms. The molecule has 1 heterocycles. The summed E-state index contributed by atoms with van der Waals surface area (Å²) < 4.78 is 1.95. The number of nitrogens with zero attached hydrogens (tertiary/aromatic N) is 1. The molecule has 1 atom stereocenters. The van der Waals surface area contributed by atoms with Gasteiger partial charge in [-0.05, 0) is 36.2 Å². The minimum Gasteiger partial charge on any atom is -0.396 e. The van der Waals surface area contributed by atoms with Gasteiger partial charge in [-0.25, -0.2) is 0 Å². The van der Waals surface area contributed by atoms with E-state index in [1.165, 1.54) is 0 Å². The first-order valence-electron chi connectivity index (χ1n) is 6.33. The van der Waals surface area contributed by atoms with E-state index in [1.807, 2.05) is 54.2 Å². The SMILES string of the molecule is CC(CO)CNC(=O)c1cccc(-n2cccc2)c1. The fourth-order valence-corrected chi connectivity index (χ4v) is 1.75. The van der Waals surface area contributed by atoms with Gasteiger partial charge in [-0.3, -0.25) is 4.79 Å². The first kappa shape index (κ1) is 13.4. The van der Waals surface area contributed by atoms with E-state index in [1.54, 1.807) is 6.07 Å². The highest BCUT2D eigenvalue weighted by Gasteiger charge is 2.08. The Hall–Kier alpha value is -2.07. The molecule has 100 valence electrons. The van der Waals surface area contributed by atoms with Crippen molar-refractivity contribution in [2.24, 2.45) is 5.92 Å². The number of carbonyl (C=O) groups is 1. The van der Waals surface area contributed by atoms with E-state index in [0.717, 1.165) is 5.69 Å². The second kappa shape index (κ2) is 6.20. The van der Waals surface area contributed by atoms with Gasteiger partial charge in [-0.2, -0.15) is 0 Å². The van der Waals surface area contributed by atoms with Crippen LogP contribution in [0.15, 0.2) is 48.8 Å². The normalized spacial score (nSPS) is 12.1. The molecule has 2 N–H and O–H groups in total. The Bertz CT molecular complexity index is 535. The Morgan fingerprint density at radius 3 is 2.74 bits per heavy atom. The lowest BCUT2D eigenvalue weighted by Crippen LogP contribution is -2.29. The summed E-state index contributed by atoms with van der Waals surface area (Å²) in [5.74, 6) is -0.0501. The molecule has 0 aliphatic heterocycles. The fourth-order valence-electron chi connectivity index (χ4n) is 1.75. The van der Waals surface area contributed by atoms with Crippen LogP contribution in [0.25, 0.3) is 5.69 Å². The number of nitrogens with one attached hydrogen (secondary N) is 1.